The van der Waals surface area contributed by atoms with E-state index in [0.717, 1.165) is 5.56 Å². The highest BCUT2D eigenvalue weighted by Gasteiger charge is 2.13. The molecule has 3 N–H and O–H groups in total. The third-order valence-electron chi connectivity index (χ3n) is 2.12. The minimum atomic E-state index is -0.963. The third kappa shape index (κ3) is 4.10. The standard InChI is InChI=1S/C11H16N2O2/c1-13(8-10(12)11(14)15)7-9-5-3-2-4-6-9/h2-6,10H,7-8,12H2,1H3,(H,14,15). The number of likely N-dealkylation sites (N-methyl/N-ethyl adjacent to an activating group) is 1. The van der Waals surface area contributed by atoms with Gasteiger partial charge in [0.2, 0.25) is 0 Å². The third-order valence-corrected chi connectivity index (χ3v) is 2.12. The first kappa shape index (κ1) is 11.7. The number of carboxylic acids is 1. The van der Waals surface area contributed by atoms with Gasteiger partial charge in [-0.3, -0.25) is 9.69 Å². The molecular formula is C11H16N2O2. The topological polar surface area (TPSA) is 66.6 Å². The number of hydrogen-bond acceptors (Lipinski definition) is 3. The monoisotopic (exact) mass is 208 g/mol. The molecule has 1 aromatic rings. The van der Waals surface area contributed by atoms with Crippen molar-refractivity contribution < 1.29 is 9.90 Å². The summed E-state index contributed by atoms with van der Waals surface area (Å²) in [6, 6.07) is 9.05. The Morgan fingerprint density at radius 3 is 2.60 bits per heavy atom. The fourth-order valence-corrected chi connectivity index (χ4v) is 1.37. The molecule has 0 radical (unpaired) electrons. The van der Waals surface area contributed by atoms with Crippen LogP contribution in [-0.4, -0.2) is 35.6 Å². The van der Waals surface area contributed by atoms with Crippen molar-refractivity contribution in [3.05, 3.63) is 35.9 Å². The highest BCUT2D eigenvalue weighted by atomic mass is 16.4. The van der Waals surface area contributed by atoms with Crippen molar-refractivity contribution in [2.75, 3.05) is 13.6 Å². The van der Waals surface area contributed by atoms with Crippen molar-refractivity contribution in [1.29, 1.82) is 0 Å². The zero-order valence-corrected chi connectivity index (χ0v) is 8.76. The molecule has 1 atom stereocenters. The Hall–Kier alpha value is -1.39. The Morgan fingerprint density at radius 2 is 2.07 bits per heavy atom. The molecule has 1 unspecified atom stereocenters. The van der Waals surface area contributed by atoms with Gasteiger partial charge in [-0.1, -0.05) is 30.3 Å². The van der Waals surface area contributed by atoms with Crippen molar-refractivity contribution in [2.24, 2.45) is 5.73 Å². The zero-order chi connectivity index (χ0) is 11.3. The van der Waals surface area contributed by atoms with E-state index >= 15 is 0 Å². The Morgan fingerprint density at radius 1 is 1.47 bits per heavy atom. The summed E-state index contributed by atoms with van der Waals surface area (Å²) in [6.07, 6.45) is 0. The van der Waals surface area contributed by atoms with Gasteiger partial charge in [0.05, 0.1) is 0 Å². The van der Waals surface area contributed by atoms with E-state index < -0.39 is 12.0 Å². The van der Waals surface area contributed by atoms with Crippen LogP contribution in [0.2, 0.25) is 0 Å². The lowest BCUT2D eigenvalue weighted by atomic mass is 10.2. The van der Waals surface area contributed by atoms with E-state index in [-0.39, 0.29) is 0 Å². The number of carboxylic acid groups (broad SMARTS) is 1. The fraction of sp³-hybridized carbons (Fsp3) is 0.364. The maximum absolute atomic E-state index is 10.5. The Labute approximate surface area is 89.3 Å². The fourth-order valence-electron chi connectivity index (χ4n) is 1.37. The van der Waals surface area contributed by atoms with Crippen molar-refractivity contribution in [3.63, 3.8) is 0 Å². The Balaban J connectivity index is 2.43. The molecule has 0 aliphatic heterocycles. The summed E-state index contributed by atoms with van der Waals surface area (Å²) in [5, 5.41) is 8.65. The Bertz CT molecular complexity index is 314. The first-order valence-electron chi connectivity index (χ1n) is 4.80. The number of carbonyl (C=O) groups is 1. The van der Waals surface area contributed by atoms with E-state index in [4.69, 9.17) is 10.8 Å². The van der Waals surface area contributed by atoms with Gasteiger partial charge in [0.15, 0.2) is 0 Å². The van der Waals surface area contributed by atoms with Crippen molar-refractivity contribution in [1.82, 2.24) is 4.90 Å². The molecule has 0 heterocycles. The lowest BCUT2D eigenvalue weighted by Crippen LogP contribution is -2.40. The summed E-state index contributed by atoms with van der Waals surface area (Å²) in [6.45, 7) is 1.06. The summed E-state index contributed by atoms with van der Waals surface area (Å²) in [7, 11) is 1.86. The lowest BCUT2D eigenvalue weighted by Gasteiger charge is -2.18. The molecule has 82 valence electrons. The van der Waals surface area contributed by atoms with Crippen LogP contribution >= 0.6 is 0 Å². The molecule has 0 fully saturated rings. The minimum Gasteiger partial charge on any atom is -0.480 e. The van der Waals surface area contributed by atoms with Crippen LogP contribution in [0.15, 0.2) is 30.3 Å². The molecule has 4 nitrogen and oxygen atoms in total. The minimum absolute atomic E-state index is 0.351. The number of rotatable bonds is 5. The first-order chi connectivity index (χ1) is 7.09. The second-order valence-electron chi connectivity index (χ2n) is 3.63. The van der Waals surface area contributed by atoms with Crippen molar-refractivity contribution in [2.45, 2.75) is 12.6 Å². The van der Waals surface area contributed by atoms with Gasteiger partial charge >= 0.3 is 5.97 Å². The van der Waals surface area contributed by atoms with Gasteiger partial charge in [-0.25, -0.2) is 0 Å². The van der Waals surface area contributed by atoms with E-state index in [9.17, 15) is 4.79 Å². The molecule has 0 aliphatic carbocycles. The van der Waals surface area contributed by atoms with Gasteiger partial charge in [-0.05, 0) is 12.6 Å². The van der Waals surface area contributed by atoms with E-state index in [1.54, 1.807) is 0 Å². The maximum Gasteiger partial charge on any atom is 0.321 e. The number of aliphatic carboxylic acids is 1. The second kappa shape index (κ2) is 5.48. The smallest absolute Gasteiger partial charge is 0.321 e. The molecule has 0 amide bonds. The van der Waals surface area contributed by atoms with Crippen LogP contribution in [0.5, 0.6) is 0 Å². The van der Waals surface area contributed by atoms with Crippen LogP contribution in [0.1, 0.15) is 5.56 Å². The lowest BCUT2D eigenvalue weighted by molar-refractivity contribution is -0.138. The average Bonchev–Trinajstić information content (AvgIpc) is 2.18. The Kier molecular flexibility index (Phi) is 4.27. The van der Waals surface area contributed by atoms with Crippen molar-refractivity contribution >= 4 is 5.97 Å². The summed E-state index contributed by atoms with van der Waals surface area (Å²) in [5.41, 5.74) is 6.58. The first-order valence-corrected chi connectivity index (χ1v) is 4.80. The molecule has 4 heteroatoms. The van der Waals surface area contributed by atoms with Gasteiger partial charge in [0.1, 0.15) is 6.04 Å². The van der Waals surface area contributed by atoms with Crippen LogP contribution in [0.4, 0.5) is 0 Å². The zero-order valence-electron chi connectivity index (χ0n) is 8.76. The van der Waals surface area contributed by atoms with E-state index in [1.165, 1.54) is 0 Å². The second-order valence-corrected chi connectivity index (χ2v) is 3.63. The van der Waals surface area contributed by atoms with Crippen LogP contribution < -0.4 is 5.73 Å². The molecule has 0 aromatic heterocycles. The number of nitrogens with zero attached hydrogens (tertiary/aromatic N) is 1. The largest absolute Gasteiger partial charge is 0.480 e. The van der Waals surface area contributed by atoms with Crippen LogP contribution in [-0.2, 0) is 11.3 Å². The molecule has 15 heavy (non-hydrogen) atoms. The van der Waals surface area contributed by atoms with E-state index in [1.807, 2.05) is 42.3 Å². The molecule has 1 rings (SSSR count). The molecule has 0 spiro atoms. The maximum atomic E-state index is 10.5. The van der Waals surface area contributed by atoms with Gasteiger partial charge < -0.3 is 10.8 Å². The highest BCUT2D eigenvalue weighted by Crippen LogP contribution is 2.02. The predicted molar refractivity (Wildman–Crippen MR) is 58.4 cm³/mol. The van der Waals surface area contributed by atoms with Gasteiger partial charge in [-0.15, -0.1) is 0 Å². The average molecular weight is 208 g/mol. The predicted octanol–water partition coefficient (Wildman–Crippen LogP) is 0.530. The highest BCUT2D eigenvalue weighted by molar-refractivity contribution is 5.73. The number of hydrogen-bond donors (Lipinski definition) is 2. The van der Waals surface area contributed by atoms with E-state index in [0.29, 0.717) is 13.1 Å². The van der Waals surface area contributed by atoms with E-state index in [2.05, 4.69) is 0 Å². The quantitative estimate of drug-likeness (QED) is 0.740. The summed E-state index contributed by atoms with van der Waals surface area (Å²) < 4.78 is 0. The van der Waals surface area contributed by atoms with Crippen molar-refractivity contribution in [3.8, 4) is 0 Å². The van der Waals surface area contributed by atoms with Crippen LogP contribution in [0.3, 0.4) is 0 Å². The van der Waals surface area contributed by atoms with Gasteiger partial charge in [0.25, 0.3) is 0 Å². The normalized spacial score (nSPS) is 12.7. The van der Waals surface area contributed by atoms with Gasteiger partial charge in [-0.2, -0.15) is 0 Å². The molecule has 0 bridgehead atoms. The van der Waals surface area contributed by atoms with Gasteiger partial charge in [0, 0.05) is 13.1 Å². The molecule has 0 aliphatic rings. The molecule has 0 saturated heterocycles. The summed E-state index contributed by atoms with van der Waals surface area (Å²) in [5.74, 6) is -0.963. The summed E-state index contributed by atoms with van der Waals surface area (Å²) in [4.78, 5) is 12.4. The SMILES string of the molecule is CN(Cc1ccccc1)CC(N)C(=O)O. The summed E-state index contributed by atoms with van der Waals surface area (Å²) >= 11 is 0. The van der Waals surface area contributed by atoms with Crippen LogP contribution in [0.25, 0.3) is 0 Å². The number of nitrogens with two attached hydrogens (primary N) is 1. The molecule has 0 saturated carbocycles. The number of benzene rings is 1. The van der Waals surface area contributed by atoms with Crippen LogP contribution in [0, 0.1) is 0 Å². The molecular weight excluding hydrogens is 192 g/mol. The molecule has 1 aromatic carbocycles.